The average molecular weight is 278 g/mol. The van der Waals surface area contributed by atoms with Crippen LogP contribution in [-0.2, 0) is 16.0 Å². The van der Waals surface area contributed by atoms with Crippen molar-refractivity contribution in [2.24, 2.45) is 0 Å². The lowest BCUT2D eigenvalue weighted by Gasteiger charge is -2.23. The largest absolute Gasteiger partial charge is 0.481 e. The number of amides is 2. The quantitative estimate of drug-likeness (QED) is 0.781. The summed E-state index contributed by atoms with van der Waals surface area (Å²) in [6, 6.07) is 6.53. The van der Waals surface area contributed by atoms with Gasteiger partial charge in [-0.1, -0.05) is 12.1 Å². The van der Waals surface area contributed by atoms with E-state index in [1.165, 1.54) is 0 Å². The molecule has 1 aliphatic rings. The number of benzene rings is 1. The van der Waals surface area contributed by atoms with Crippen LogP contribution in [0.3, 0.4) is 0 Å². The van der Waals surface area contributed by atoms with Gasteiger partial charge >= 0.3 is 12.0 Å². The van der Waals surface area contributed by atoms with Crippen LogP contribution in [0.25, 0.3) is 0 Å². The van der Waals surface area contributed by atoms with Gasteiger partial charge in [0.25, 0.3) is 0 Å². The van der Waals surface area contributed by atoms with E-state index in [0.29, 0.717) is 17.9 Å². The van der Waals surface area contributed by atoms with E-state index in [2.05, 4.69) is 10.6 Å². The molecular formula is C14H18N2O4. The monoisotopic (exact) mass is 278 g/mol. The van der Waals surface area contributed by atoms with Crippen LogP contribution in [0.2, 0.25) is 0 Å². The topological polar surface area (TPSA) is 87.7 Å². The summed E-state index contributed by atoms with van der Waals surface area (Å²) in [7, 11) is 0. The molecule has 108 valence electrons. The molecule has 1 aliphatic heterocycles. The van der Waals surface area contributed by atoms with E-state index in [0.717, 1.165) is 19.4 Å². The Kier molecular flexibility index (Phi) is 4.95. The molecule has 1 saturated heterocycles. The van der Waals surface area contributed by atoms with Crippen LogP contribution >= 0.6 is 0 Å². The summed E-state index contributed by atoms with van der Waals surface area (Å²) in [5.41, 5.74) is 1.33. The van der Waals surface area contributed by atoms with Crippen molar-refractivity contribution >= 4 is 17.7 Å². The first kappa shape index (κ1) is 14.3. The number of anilines is 1. The Balaban J connectivity index is 1.82. The van der Waals surface area contributed by atoms with E-state index in [1.54, 1.807) is 24.3 Å². The van der Waals surface area contributed by atoms with Crippen LogP contribution in [0.5, 0.6) is 0 Å². The zero-order valence-corrected chi connectivity index (χ0v) is 11.1. The van der Waals surface area contributed by atoms with Gasteiger partial charge < -0.3 is 20.5 Å². The number of carbonyl (C=O) groups excluding carboxylic acids is 1. The molecule has 1 heterocycles. The van der Waals surface area contributed by atoms with Crippen molar-refractivity contribution in [2.45, 2.75) is 25.3 Å². The van der Waals surface area contributed by atoms with Crippen molar-refractivity contribution < 1.29 is 19.4 Å². The molecule has 0 aliphatic carbocycles. The number of hydrogen-bond acceptors (Lipinski definition) is 3. The zero-order valence-electron chi connectivity index (χ0n) is 11.1. The van der Waals surface area contributed by atoms with E-state index in [4.69, 9.17) is 9.84 Å². The van der Waals surface area contributed by atoms with Gasteiger partial charge in [-0.15, -0.1) is 0 Å². The first-order chi connectivity index (χ1) is 9.63. The lowest BCUT2D eigenvalue weighted by atomic mass is 10.1. The Labute approximate surface area is 117 Å². The molecule has 6 heteroatoms. The fourth-order valence-electron chi connectivity index (χ4n) is 2.09. The second-order valence-corrected chi connectivity index (χ2v) is 4.78. The number of hydrogen-bond donors (Lipinski definition) is 3. The summed E-state index contributed by atoms with van der Waals surface area (Å²) in [5.74, 6) is -0.874. The first-order valence-corrected chi connectivity index (χ1v) is 6.59. The molecule has 0 saturated carbocycles. The normalized spacial score (nSPS) is 18.3. The summed E-state index contributed by atoms with van der Waals surface area (Å²) in [6.07, 6.45) is 1.85. The third-order valence-corrected chi connectivity index (χ3v) is 3.06. The van der Waals surface area contributed by atoms with Crippen LogP contribution < -0.4 is 10.6 Å². The van der Waals surface area contributed by atoms with Crippen LogP contribution in [0.15, 0.2) is 24.3 Å². The highest BCUT2D eigenvalue weighted by Gasteiger charge is 2.15. The van der Waals surface area contributed by atoms with Crippen LogP contribution in [0.1, 0.15) is 18.4 Å². The number of urea groups is 1. The molecular weight excluding hydrogens is 260 g/mol. The standard InChI is InChI=1S/C14H18N2O4/c17-13(18)8-10-3-5-11(6-4-10)15-14(19)16-12-2-1-7-20-9-12/h3-6,12H,1-2,7-9H2,(H,17,18)(H2,15,16,19). The summed E-state index contributed by atoms with van der Waals surface area (Å²) in [4.78, 5) is 22.3. The molecule has 2 amide bonds. The highest BCUT2D eigenvalue weighted by atomic mass is 16.5. The molecule has 6 nitrogen and oxygen atoms in total. The highest BCUT2D eigenvalue weighted by Crippen LogP contribution is 2.11. The van der Waals surface area contributed by atoms with Crippen LogP contribution in [0, 0.1) is 0 Å². The maximum atomic E-state index is 11.8. The lowest BCUT2D eigenvalue weighted by molar-refractivity contribution is -0.136. The van der Waals surface area contributed by atoms with Crippen molar-refractivity contribution in [3.05, 3.63) is 29.8 Å². The third-order valence-electron chi connectivity index (χ3n) is 3.06. The molecule has 1 unspecified atom stereocenters. The first-order valence-electron chi connectivity index (χ1n) is 6.59. The van der Waals surface area contributed by atoms with E-state index >= 15 is 0 Å². The number of carboxylic acid groups (broad SMARTS) is 1. The van der Waals surface area contributed by atoms with Gasteiger partial charge in [0.1, 0.15) is 0 Å². The molecule has 0 spiro atoms. The van der Waals surface area contributed by atoms with Gasteiger partial charge in [0.05, 0.1) is 19.1 Å². The molecule has 1 fully saturated rings. The predicted molar refractivity (Wildman–Crippen MR) is 73.8 cm³/mol. The van der Waals surface area contributed by atoms with Crippen LogP contribution in [-0.4, -0.2) is 36.4 Å². The Bertz CT molecular complexity index is 467. The average Bonchev–Trinajstić information content (AvgIpc) is 2.41. The smallest absolute Gasteiger partial charge is 0.319 e. The summed E-state index contributed by atoms with van der Waals surface area (Å²) in [6.45, 7) is 1.30. The fraction of sp³-hybridized carbons (Fsp3) is 0.429. The number of carboxylic acids is 1. The highest BCUT2D eigenvalue weighted by molar-refractivity contribution is 5.89. The van der Waals surface area contributed by atoms with E-state index < -0.39 is 5.97 Å². The number of ether oxygens (including phenoxy) is 1. The van der Waals surface area contributed by atoms with Crippen molar-refractivity contribution in [3.8, 4) is 0 Å². The molecule has 3 N–H and O–H groups in total. The fourth-order valence-corrected chi connectivity index (χ4v) is 2.09. The minimum absolute atomic E-state index is 0.0219. The number of aliphatic carboxylic acids is 1. The van der Waals surface area contributed by atoms with Gasteiger partial charge in [-0.25, -0.2) is 4.79 Å². The predicted octanol–water partition coefficient (Wildman–Crippen LogP) is 1.61. The van der Waals surface area contributed by atoms with Crippen LogP contribution in [0.4, 0.5) is 10.5 Å². The Hall–Kier alpha value is -2.08. The Morgan fingerprint density at radius 2 is 2.05 bits per heavy atom. The minimum atomic E-state index is -0.874. The van der Waals surface area contributed by atoms with Gasteiger partial charge in [-0.05, 0) is 30.5 Å². The molecule has 1 aromatic rings. The SMILES string of the molecule is O=C(O)Cc1ccc(NC(=O)NC2CCCOC2)cc1. The number of carbonyl (C=O) groups is 2. The summed E-state index contributed by atoms with van der Waals surface area (Å²) in [5, 5.41) is 14.2. The second kappa shape index (κ2) is 6.91. The van der Waals surface area contributed by atoms with Crippen molar-refractivity contribution in [3.63, 3.8) is 0 Å². The van der Waals surface area contributed by atoms with Crippen molar-refractivity contribution in [1.29, 1.82) is 0 Å². The van der Waals surface area contributed by atoms with E-state index in [-0.39, 0.29) is 18.5 Å². The molecule has 2 rings (SSSR count). The van der Waals surface area contributed by atoms with Gasteiger partial charge in [-0.3, -0.25) is 4.79 Å². The van der Waals surface area contributed by atoms with Gasteiger partial charge in [0, 0.05) is 12.3 Å². The maximum absolute atomic E-state index is 11.8. The maximum Gasteiger partial charge on any atom is 0.319 e. The summed E-state index contributed by atoms with van der Waals surface area (Å²) >= 11 is 0. The second-order valence-electron chi connectivity index (χ2n) is 4.78. The van der Waals surface area contributed by atoms with Gasteiger partial charge in [-0.2, -0.15) is 0 Å². The minimum Gasteiger partial charge on any atom is -0.481 e. The number of rotatable bonds is 4. The van der Waals surface area contributed by atoms with E-state index in [9.17, 15) is 9.59 Å². The summed E-state index contributed by atoms with van der Waals surface area (Å²) < 4.78 is 5.29. The lowest BCUT2D eigenvalue weighted by Crippen LogP contribution is -2.42. The molecule has 1 aromatic carbocycles. The molecule has 1 atom stereocenters. The molecule has 0 aromatic heterocycles. The van der Waals surface area contributed by atoms with Gasteiger partial charge in [0.2, 0.25) is 0 Å². The number of nitrogens with one attached hydrogen (secondary N) is 2. The van der Waals surface area contributed by atoms with Crippen molar-refractivity contribution in [2.75, 3.05) is 18.5 Å². The molecule has 0 radical (unpaired) electrons. The Morgan fingerprint density at radius 1 is 1.30 bits per heavy atom. The zero-order chi connectivity index (χ0) is 14.4. The van der Waals surface area contributed by atoms with Gasteiger partial charge in [0.15, 0.2) is 0 Å². The molecule has 20 heavy (non-hydrogen) atoms. The molecule has 0 bridgehead atoms. The van der Waals surface area contributed by atoms with Crippen molar-refractivity contribution in [1.82, 2.24) is 5.32 Å². The Morgan fingerprint density at radius 3 is 2.65 bits per heavy atom. The third kappa shape index (κ3) is 4.55. The van der Waals surface area contributed by atoms with E-state index in [1.807, 2.05) is 0 Å².